The number of piperazine rings is 1. The Morgan fingerprint density at radius 2 is 1.86 bits per heavy atom. The lowest BCUT2D eigenvalue weighted by atomic mass is 10.2. The first-order chi connectivity index (χ1) is 13.4. The number of carbonyl (C=O) groups excluding carboxylic acids is 1. The van der Waals surface area contributed by atoms with Crippen LogP contribution in [0.4, 0.5) is 5.69 Å². The van der Waals surface area contributed by atoms with E-state index in [9.17, 15) is 19.7 Å². The molecule has 146 valence electrons. The van der Waals surface area contributed by atoms with Crippen LogP contribution in [0.1, 0.15) is 10.4 Å². The van der Waals surface area contributed by atoms with Gasteiger partial charge in [-0.15, -0.1) is 0 Å². The van der Waals surface area contributed by atoms with E-state index >= 15 is 0 Å². The number of benzene rings is 1. The predicted molar refractivity (Wildman–Crippen MR) is 102 cm³/mol. The minimum absolute atomic E-state index is 0.106. The van der Waals surface area contributed by atoms with Crippen LogP contribution in [0.15, 0.2) is 59.3 Å². The number of quaternary nitrogens is 1. The monoisotopic (exact) mass is 385 g/mol. The van der Waals surface area contributed by atoms with Crippen LogP contribution in [0.5, 0.6) is 0 Å². The average Bonchev–Trinajstić information content (AvgIpc) is 2.69. The number of nitrogens with one attached hydrogen (secondary N) is 1. The number of pyridine rings is 1. The van der Waals surface area contributed by atoms with E-state index in [1.54, 1.807) is 18.3 Å². The van der Waals surface area contributed by atoms with Gasteiger partial charge in [-0.25, -0.2) is 4.79 Å². The van der Waals surface area contributed by atoms with E-state index in [1.807, 2.05) is 4.90 Å². The number of non-ortho nitro benzene ring substituents is 1. The zero-order chi connectivity index (χ0) is 20.1. The van der Waals surface area contributed by atoms with Gasteiger partial charge in [-0.05, 0) is 18.2 Å². The average molecular weight is 385 g/mol. The van der Waals surface area contributed by atoms with Gasteiger partial charge in [-0.2, -0.15) is 0 Å². The highest BCUT2D eigenvalue weighted by Gasteiger charge is 2.23. The molecule has 0 radical (unpaired) electrons. The molecule has 1 saturated heterocycles. The van der Waals surface area contributed by atoms with Gasteiger partial charge in [0.2, 0.25) is 5.88 Å². The lowest BCUT2D eigenvalue weighted by Gasteiger charge is -2.32. The van der Waals surface area contributed by atoms with Crippen LogP contribution in [0.2, 0.25) is 0 Å². The van der Waals surface area contributed by atoms with Crippen molar-refractivity contribution in [1.29, 1.82) is 0 Å². The van der Waals surface area contributed by atoms with Crippen LogP contribution in [0, 0.1) is 10.1 Å². The summed E-state index contributed by atoms with van der Waals surface area (Å²) in [6.45, 7) is 3.09. The molecule has 0 unspecified atom stereocenters. The van der Waals surface area contributed by atoms with Crippen molar-refractivity contribution in [1.82, 2.24) is 9.47 Å². The van der Waals surface area contributed by atoms with Crippen molar-refractivity contribution in [2.45, 2.75) is 0 Å². The Kier molecular flexibility index (Phi) is 5.85. The first-order valence-corrected chi connectivity index (χ1v) is 8.86. The van der Waals surface area contributed by atoms with Crippen LogP contribution < -0.4 is 10.5 Å². The SMILES string of the molecule is C[NH+]1CCN(/C(=C/n2ccccc2=O)OC(=O)c2ccc([N+](=O)[O-])cc2)CC1. The molecule has 0 bridgehead atoms. The number of carbonyl (C=O) groups is 1. The van der Waals surface area contributed by atoms with Crippen molar-refractivity contribution in [3.05, 3.63) is 80.6 Å². The maximum absolute atomic E-state index is 12.6. The summed E-state index contributed by atoms with van der Waals surface area (Å²) in [5, 5.41) is 10.8. The molecular weight excluding hydrogens is 364 g/mol. The number of rotatable bonds is 5. The van der Waals surface area contributed by atoms with Gasteiger partial charge in [0.1, 0.15) is 0 Å². The van der Waals surface area contributed by atoms with Crippen LogP contribution >= 0.6 is 0 Å². The number of nitro groups is 1. The number of aromatic nitrogens is 1. The fraction of sp³-hybridized carbons (Fsp3) is 0.263. The number of ether oxygens (including phenoxy) is 1. The number of esters is 1. The Morgan fingerprint density at radius 3 is 2.46 bits per heavy atom. The van der Waals surface area contributed by atoms with Crippen LogP contribution in [0.3, 0.4) is 0 Å². The van der Waals surface area contributed by atoms with Crippen LogP contribution in [0.25, 0.3) is 6.20 Å². The highest BCUT2D eigenvalue weighted by Crippen LogP contribution is 2.16. The lowest BCUT2D eigenvalue weighted by molar-refractivity contribution is -0.884. The van der Waals surface area contributed by atoms with E-state index in [-0.39, 0.29) is 22.7 Å². The summed E-state index contributed by atoms with van der Waals surface area (Å²) >= 11 is 0. The Hall–Kier alpha value is -3.46. The highest BCUT2D eigenvalue weighted by atomic mass is 16.6. The van der Waals surface area contributed by atoms with Gasteiger partial charge in [-0.3, -0.25) is 19.5 Å². The first kappa shape index (κ1) is 19.3. The number of nitro benzene ring substituents is 1. The van der Waals surface area contributed by atoms with Crippen LogP contribution in [-0.4, -0.2) is 53.6 Å². The van der Waals surface area contributed by atoms with Gasteiger partial charge in [0, 0.05) is 24.4 Å². The summed E-state index contributed by atoms with van der Waals surface area (Å²) in [7, 11) is 2.09. The molecule has 0 saturated carbocycles. The normalized spacial score (nSPS) is 15.3. The predicted octanol–water partition coefficient (Wildman–Crippen LogP) is 0.200. The second-order valence-electron chi connectivity index (χ2n) is 6.55. The van der Waals surface area contributed by atoms with E-state index in [4.69, 9.17) is 4.74 Å². The Morgan fingerprint density at radius 1 is 1.18 bits per heavy atom. The molecule has 1 fully saturated rings. The summed E-state index contributed by atoms with van der Waals surface area (Å²) in [4.78, 5) is 38.1. The third-order valence-electron chi connectivity index (χ3n) is 4.54. The molecule has 3 rings (SSSR count). The van der Waals surface area contributed by atoms with Crippen molar-refractivity contribution < 1.29 is 19.4 Å². The van der Waals surface area contributed by atoms with E-state index in [2.05, 4.69) is 7.05 Å². The maximum Gasteiger partial charge on any atom is 0.344 e. The second kappa shape index (κ2) is 8.49. The van der Waals surface area contributed by atoms with Gasteiger partial charge in [0.05, 0.1) is 49.9 Å². The van der Waals surface area contributed by atoms with Gasteiger partial charge < -0.3 is 14.5 Å². The zero-order valence-corrected chi connectivity index (χ0v) is 15.4. The van der Waals surface area contributed by atoms with E-state index in [0.717, 1.165) is 13.1 Å². The number of hydrogen-bond acceptors (Lipinski definition) is 6. The maximum atomic E-state index is 12.6. The summed E-state index contributed by atoms with van der Waals surface area (Å²) in [5.74, 6) is -0.374. The second-order valence-corrected chi connectivity index (χ2v) is 6.55. The smallest absolute Gasteiger partial charge is 0.344 e. The Bertz CT molecular complexity index is 943. The third kappa shape index (κ3) is 4.63. The van der Waals surface area contributed by atoms with Gasteiger partial charge in [0.15, 0.2) is 0 Å². The molecule has 1 aromatic heterocycles. The van der Waals surface area contributed by atoms with Crippen molar-refractivity contribution in [2.24, 2.45) is 0 Å². The molecule has 2 aromatic rings. The molecule has 1 aromatic carbocycles. The van der Waals surface area contributed by atoms with Crippen molar-refractivity contribution in [3.63, 3.8) is 0 Å². The first-order valence-electron chi connectivity index (χ1n) is 8.86. The molecule has 1 N–H and O–H groups in total. The molecule has 0 amide bonds. The molecule has 1 aliphatic rings. The molecule has 0 spiro atoms. The number of nitrogens with zero attached hydrogens (tertiary/aromatic N) is 3. The van der Waals surface area contributed by atoms with Crippen LogP contribution in [-0.2, 0) is 4.74 Å². The fourth-order valence-electron chi connectivity index (χ4n) is 2.82. The minimum atomic E-state index is -0.642. The van der Waals surface area contributed by atoms with Crippen molar-refractivity contribution in [3.8, 4) is 0 Å². The number of hydrogen-bond donors (Lipinski definition) is 1. The third-order valence-corrected chi connectivity index (χ3v) is 4.54. The minimum Gasteiger partial charge on any atom is -0.404 e. The molecule has 28 heavy (non-hydrogen) atoms. The van der Waals surface area contributed by atoms with E-state index in [0.29, 0.717) is 13.1 Å². The summed E-state index contributed by atoms with van der Waals surface area (Å²) in [5.41, 5.74) is -0.159. The summed E-state index contributed by atoms with van der Waals surface area (Å²) in [6, 6.07) is 9.96. The Labute approximate surface area is 161 Å². The standard InChI is InChI=1S/C19H20N4O5/c1-20-10-12-21(13-11-20)18(14-22-9-3-2-4-17(22)24)28-19(25)15-5-7-16(8-6-15)23(26)27/h2-9,14H,10-13H2,1H3/p+1/b18-14-. The van der Waals surface area contributed by atoms with E-state index in [1.165, 1.54) is 46.0 Å². The molecular formula is C19H21N4O5+. The summed E-state index contributed by atoms with van der Waals surface area (Å²) in [6.07, 6.45) is 3.08. The van der Waals surface area contributed by atoms with Crippen molar-refractivity contribution in [2.75, 3.05) is 33.2 Å². The van der Waals surface area contributed by atoms with E-state index < -0.39 is 10.9 Å². The molecule has 1 aliphatic heterocycles. The number of likely N-dealkylation sites (N-methyl/N-ethyl adjacent to an activating group) is 1. The summed E-state index contributed by atoms with van der Waals surface area (Å²) < 4.78 is 6.93. The van der Waals surface area contributed by atoms with Gasteiger partial charge in [-0.1, -0.05) is 6.07 Å². The molecule has 9 nitrogen and oxygen atoms in total. The van der Waals surface area contributed by atoms with Crippen molar-refractivity contribution >= 4 is 17.9 Å². The quantitative estimate of drug-likeness (QED) is 0.342. The topological polar surface area (TPSA) is 99.1 Å². The fourth-order valence-corrected chi connectivity index (χ4v) is 2.82. The Balaban J connectivity index is 1.86. The molecule has 0 aliphatic carbocycles. The molecule has 0 atom stereocenters. The zero-order valence-electron chi connectivity index (χ0n) is 15.4. The highest BCUT2D eigenvalue weighted by molar-refractivity contribution is 5.90. The van der Waals surface area contributed by atoms with Gasteiger partial charge in [0.25, 0.3) is 11.2 Å². The lowest BCUT2D eigenvalue weighted by Crippen LogP contribution is -3.11. The van der Waals surface area contributed by atoms with Gasteiger partial charge >= 0.3 is 5.97 Å². The molecule has 9 heteroatoms. The largest absolute Gasteiger partial charge is 0.404 e. The molecule has 2 heterocycles.